The lowest BCUT2D eigenvalue weighted by Gasteiger charge is -2.28. The van der Waals surface area contributed by atoms with Crippen LogP contribution in [0.1, 0.15) is 18.4 Å². The molecule has 112 valence electrons. The van der Waals surface area contributed by atoms with Crippen molar-refractivity contribution in [2.45, 2.75) is 19.4 Å². The van der Waals surface area contributed by atoms with Gasteiger partial charge < -0.3 is 15.1 Å². The summed E-state index contributed by atoms with van der Waals surface area (Å²) in [6.07, 6.45) is 1.12. The molecule has 1 aromatic rings. The third-order valence-corrected chi connectivity index (χ3v) is 4.40. The summed E-state index contributed by atoms with van der Waals surface area (Å²) in [4.78, 5) is 28.0. The highest BCUT2D eigenvalue weighted by molar-refractivity contribution is 5.84. The Morgan fingerprint density at radius 3 is 2.86 bits per heavy atom. The van der Waals surface area contributed by atoms with Crippen LogP contribution in [0.5, 0.6) is 0 Å². The number of anilines is 1. The molecule has 1 unspecified atom stereocenters. The van der Waals surface area contributed by atoms with Gasteiger partial charge in [-0.05, 0) is 18.1 Å². The second kappa shape index (κ2) is 5.76. The molecule has 2 heterocycles. The van der Waals surface area contributed by atoms with Crippen molar-refractivity contribution in [1.29, 1.82) is 0 Å². The fourth-order valence-electron chi connectivity index (χ4n) is 3.08. The van der Waals surface area contributed by atoms with Crippen LogP contribution in [-0.2, 0) is 16.1 Å². The quantitative estimate of drug-likeness (QED) is 0.838. The fourth-order valence-corrected chi connectivity index (χ4v) is 3.08. The van der Waals surface area contributed by atoms with Crippen molar-refractivity contribution in [2.75, 3.05) is 31.6 Å². The number of nitrogens with one attached hydrogen (secondary N) is 1. The zero-order valence-corrected chi connectivity index (χ0v) is 12.3. The number of fused-ring (bicyclic) bond motifs is 1. The first-order valence-electron chi connectivity index (χ1n) is 7.49. The van der Waals surface area contributed by atoms with E-state index in [-0.39, 0.29) is 17.7 Å². The topological polar surface area (TPSA) is 52.7 Å². The third-order valence-electron chi connectivity index (χ3n) is 4.40. The number of likely N-dealkylation sites (N-methyl/N-ethyl adjacent to an activating group) is 1. The van der Waals surface area contributed by atoms with Gasteiger partial charge in [-0.15, -0.1) is 0 Å². The largest absolute Gasteiger partial charge is 0.373 e. The molecule has 5 nitrogen and oxygen atoms in total. The summed E-state index contributed by atoms with van der Waals surface area (Å²) >= 11 is 0. The Labute approximate surface area is 124 Å². The molecule has 1 N–H and O–H groups in total. The average Bonchev–Trinajstić information content (AvgIpc) is 2.67. The summed E-state index contributed by atoms with van der Waals surface area (Å²) in [6, 6.07) is 8.23. The van der Waals surface area contributed by atoms with Crippen molar-refractivity contribution >= 4 is 17.5 Å². The molecular formula is C16H21N3O2. The minimum absolute atomic E-state index is 0.0556. The van der Waals surface area contributed by atoms with Gasteiger partial charge in [-0.2, -0.15) is 0 Å². The maximum Gasteiger partial charge on any atom is 0.227 e. The second-order valence-electron chi connectivity index (χ2n) is 5.85. The normalized spacial score (nSPS) is 22.3. The van der Waals surface area contributed by atoms with Gasteiger partial charge >= 0.3 is 0 Å². The number of carbonyl (C=O) groups is 2. The van der Waals surface area contributed by atoms with E-state index in [1.807, 2.05) is 17.0 Å². The van der Waals surface area contributed by atoms with Gasteiger partial charge in [0.1, 0.15) is 0 Å². The van der Waals surface area contributed by atoms with Crippen LogP contribution in [0.25, 0.3) is 0 Å². The number of amides is 2. The third kappa shape index (κ3) is 2.86. The number of carbonyl (C=O) groups excluding carboxylic acids is 2. The lowest BCUT2D eigenvalue weighted by Crippen LogP contribution is -2.45. The number of para-hydroxylation sites is 1. The van der Waals surface area contributed by atoms with Crippen LogP contribution in [0.3, 0.4) is 0 Å². The smallest absolute Gasteiger partial charge is 0.227 e. The molecule has 0 bridgehead atoms. The van der Waals surface area contributed by atoms with Gasteiger partial charge in [0.15, 0.2) is 0 Å². The minimum atomic E-state index is -0.0710. The van der Waals surface area contributed by atoms with Crippen molar-refractivity contribution in [2.24, 2.45) is 5.92 Å². The van der Waals surface area contributed by atoms with Gasteiger partial charge in [-0.1, -0.05) is 18.2 Å². The van der Waals surface area contributed by atoms with Crippen LogP contribution < -0.4 is 10.2 Å². The highest BCUT2D eigenvalue weighted by Gasteiger charge is 2.30. The molecule has 2 aliphatic rings. The first kappa shape index (κ1) is 13.9. The number of hydrogen-bond donors (Lipinski definition) is 1. The molecule has 1 aromatic carbocycles. The van der Waals surface area contributed by atoms with Crippen LogP contribution in [0, 0.1) is 5.92 Å². The molecule has 1 atom stereocenters. The number of rotatable bonds is 1. The van der Waals surface area contributed by atoms with E-state index in [0.29, 0.717) is 25.9 Å². The van der Waals surface area contributed by atoms with E-state index in [1.54, 1.807) is 0 Å². The average molecular weight is 287 g/mol. The van der Waals surface area contributed by atoms with E-state index in [4.69, 9.17) is 0 Å². The van der Waals surface area contributed by atoms with Crippen molar-refractivity contribution in [1.82, 2.24) is 10.2 Å². The van der Waals surface area contributed by atoms with Crippen molar-refractivity contribution in [3.8, 4) is 0 Å². The molecule has 0 radical (unpaired) electrons. The first-order valence-corrected chi connectivity index (χ1v) is 7.49. The van der Waals surface area contributed by atoms with Gasteiger partial charge in [0, 0.05) is 45.3 Å². The van der Waals surface area contributed by atoms with Crippen LogP contribution in [0.15, 0.2) is 24.3 Å². The van der Waals surface area contributed by atoms with Gasteiger partial charge in [-0.25, -0.2) is 0 Å². The molecule has 5 heteroatoms. The predicted molar refractivity (Wildman–Crippen MR) is 80.9 cm³/mol. The van der Waals surface area contributed by atoms with E-state index >= 15 is 0 Å². The Balaban J connectivity index is 1.75. The molecule has 1 saturated heterocycles. The van der Waals surface area contributed by atoms with E-state index < -0.39 is 0 Å². The Morgan fingerprint density at radius 2 is 2.10 bits per heavy atom. The van der Waals surface area contributed by atoms with Crippen LogP contribution in [-0.4, -0.2) is 43.4 Å². The Kier molecular flexibility index (Phi) is 3.82. The van der Waals surface area contributed by atoms with Gasteiger partial charge in [-0.3, -0.25) is 9.59 Å². The maximum absolute atomic E-state index is 12.7. The minimum Gasteiger partial charge on any atom is -0.373 e. The van der Waals surface area contributed by atoms with E-state index in [9.17, 15) is 9.59 Å². The molecule has 0 aliphatic carbocycles. The van der Waals surface area contributed by atoms with E-state index in [1.165, 1.54) is 11.3 Å². The molecule has 2 amide bonds. The van der Waals surface area contributed by atoms with E-state index in [2.05, 4.69) is 29.4 Å². The molecule has 21 heavy (non-hydrogen) atoms. The Hall–Kier alpha value is -2.04. The molecule has 0 saturated carbocycles. The first-order chi connectivity index (χ1) is 10.1. The summed E-state index contributed by atoms with van der Waals surface area (Å²) in [5, 5.41) is 2.80. The second-order valence-corrected chi connectivity index (χ2v) is 5.85. The monoisotopic (exact) mass is 287 g/mol. The van der Waals surface area contributed by atoms with Gasteiger partial charge in [0.05, 0.1) is 5.92 Å². The zero-order chi connectivity index (χ0) is 14.8. The molecule has 1 fully saturated rings. The molecule has 2 aliphatic heterocycles. The number of benzene rings is 1. The lowest BCUT2D eigenvalue weighted by atomic mass is 9.97. The van der Waals surface area contributed by atoms with Crippen molar-refractivity contribution in [3.05, 3.63) is 29.8 Å². The summed E-state index contributed by atoms with van der Waals surface area (Å²) < 4.78 is 0. The molecule has 0 aromatic heterocycles. The van der Waals surface area contributed by atoms with Gasteiger partial charge in [0.25, 0.3) is 0 Å². The SMILES string of the molecule is CN1CCN(C(=O)C2CCC(=O)NC2)Cc2ccccc21. The highest BCUT2D eigenvalue weighted by Crippen LogP contribution is 2.25. The Bertz CT molecular complexity index is 548. The van der Waals surface area contributed by atoms with Crippen LogP contribution in [0.2, 0.25) is 0 Å². The van der Waals surface area contributed by atoms with Crippen molar-refractivity contribution in [3.63, 3.8) is 0 Å². The van der Waals surface area contributed by atoms with E-state index in [0.717, 1.165) is 13.1 Å². The predicted octanol–water partition coefficient (Wildman–Crippen LogP) is 0.991. The lowest BCUT2D eigenvalue weighted by molar-refractivity contribution is -0.137. The molecule has 0 spiro atoms. The standard InChI is InChI=1S/C16H21N3O2/c1-18-8-9-19(11-13-4-2-3-5-14(13)18)16(21)12-6-7-15(20)17-10-12/h2-5,12H,6-11H2,1H3,(H,17,20). The summed E-state index contributed by atoms with van der Waals surface area (Å²) in [5.74, 6) is 0.151. The number of hydrogen-bond acceptors (Lipinski definition) is 3. The highest BCUT2D eigenvalue weighted by atomic mass is 16.2. The molecular weight excluding hydrogens is 266 g/mol. The number of piperidine rings is 1. The fraction of sp³-hybridized carbons (Fsp3) is 0.500. The summed E-state index contributed by atoms with van der Waals surface area (Å²) in [6.45, 7) is 2.70. The zero-order valence-electron chi connectivity index (χ0n) is 12.3. The summed E-state index contributed by atoms with van der Waals surface area (Å²) in [5.41, 5.74) is 2.38. The maximum atomic E-state index is 12.7. The van der Waals surface area contributed by atoms with Crippen LogP contribution >= 0.6 is 0 Å². The number of nitrogens with zero attached hydrogens (tertiary/aromatic N) is 2. The Morgan fingerprint density at radius 1 is 1.29 bits per heavy atom. The molecule has 3 rings (SSSR count). The summed E-state index contributed by atoms with van der Waals surface area (Å²) in [7, 11) is 2.06. The van der Waals surface area contributed by atoms with Gasteiger partial charge in [0.2, 0.25) is 11.8 Å². The van der Waals surface area contributed by atoms with Crippen molar-refractivity contribution < 1.29 is 9.59 Å². The van der Waals surface area contributed by atoms with Crippen LogP contribution in [0.4, 0.5) is 5.69 Å².